The first-order valence-corrected chi connectivity index (χ1v) is 5.70. The largest absolute Gasteiger partial charge is 0.384 e. The number of nitrogens with zero attached hydrogens (tertiary/aromatic N) is 2. The van der Waals surface area contributed by atoms with E-state index in [0.717, 1.165) is 23.6 Å². The van der Waals surface area contributed by atoms with Crippen LogP contribution in [0.25, 0.3) is 0 Å². The van der Waals surface area contributed by atoms with Crippen molar-refractivity contribution >= 4 is 17.1 Å². The van der Waals surface area contributed by atoms with Crippen LogP contribution in [0.4, 0.5) is 17.1 Å². The van der Waals surface area contributed by atoms with Gasteiger partial charge in [-0.2, -0.15) is 5.11 Å². The first-order valence-electron chi connectivity index (χ1n) is 5.70. The van der Waals surface area contributed by atoms with Gasteiger partial charge in [0.1, 0.15) is 5.69 Å². The van der Waals surface area contributed by atoms with Crippen molar-refractivity contribution in [3.05, 3.63) is 54.6 Å². The summed E-state index contributed by atoms with van der Waals surface area (Å²) in [6, 6.07) is 17.6. The highest BCUT2D eigenvalue weighted by molar-refractivity contribution is 5.64. The fourth-order valence-corrected chi connectivity index (χ4v) is 1.51. The maximum absolute atomic E-state index is 4.26. The number of benzene rings is 2. The second-order valence-corrected chi connectivity index (χ2v) is 3.58. The number of azo groups is 1. The van der Waals surface area contributed by atoms with Crippen molar-refractivity contribution in [1.29, 1.82) is 0 Å². The standard InChI is InChI=1S/C14H15N3/c1-2-15-13-10-6-7-11-14(13)17-16-12-8-4-3-5-9-12/h3-11,15H,2H2,1H3. The zero-order chi connectivity index (χ0) is 11.9. The van der Waals surface area contributed by atoms with Gasteiger partial charge in [-0.15, -0.1) is 5.11 Å². The van der Waals surface area contributed by atoms with Gasteiger partial charge in [-0.3, -0.25) is 0 Å². The fourth-order valence-electron chi connectivity index (χ4n) is 1.51. The minimum Gasteiger partial charge on any atom is -0.384 e. The van der Waals surface area contributed by atoms with E-state index in [-0.39, 0.29) is 0 Å². The van der Waals surface area contributed by atoms with E-state index in [1.54, 1.807) is 0 Å². The summed E-state index contributed by atoms with van der Waals surface area (Å²) in [5, 5.41) is 11.7. The highest BCUT2D eigenvalue weighted by atomic mass is 15.1. The molecular weight excluding hydrogens is 210 g/mol. The average Bonchev–Trinajstić information content (AvgIpc) is 2.39. The smallest absolute Gasteiger partial charge is 0.109 e. The van der Waals surface area contributed by atoms with Crippen LogP contribution in [-0.2, 0) is 0 Å². The zero-order valence-electron chi connectivity index (χ0n) is 9.80. The van der Waals surface area contributed by atoms with Gasteiger partial charge in [0.15, 0.2) is 0 Å². The van der Waals surface area contributed by atoms with Gasteiger partial charge >= 0.3 is 0 Å². The number of anilines is 1. The molecule has 0 aliphatic heterocycles. The molecule has 0 aliphatic rings. The van der Waals surface area contributed by atoms with Crippen LogP contribution in [0.15, 0.2) is 64.8 Å². The van der Waals surface area contributed by atoms with Crippen molar-refractivity contribution < 1.29 is 0 Å². The van der Waals surface area contributed by atoms with Crippen LogP contribution in [0.3, 0.4) is 0 Å². The van der Waals surface area contributed by atoms with Crippen molar-refractivity contribution in [1.82, 2.24) is 0 Å². The second kappa shape index (κ2) is 5.80. The highest BCUT2D eigenvalue weighted by Crippen LogP contribution is 2.26. The number of hydrogen-bond donors (Lipinski definition) is 1. The summed E-state index contributed by atoms with van der Waals surface area (Å²) in [5.41, 5.74) is 2.73. The van der Waals surface area contributed by atoms with E-state index in [0.29, 0.717) is 0 Å². The summed E-state index contributed by atoms with van der Waals surface area (Å²) in [6.45, 7) is 2.93. The minimum atomic E-state index is 0.859. The van der Waals surface area contributed by atoms with Gasteiger partial charge in [0.2, 0.25) is 0 Å². The van der Waals surface area contributed by atoms with E-state index in [9.17, 15) is 0 Å². The second-order valence-electron chi connectivity index (χ2n) is 3.58. The van der Waals surface area contributed by atoms with Gasteiger partial charge in [-0.25, -0.2) is 0 Å². The Morgan fingerprint density at radius 3 is 2.35 bits per heavy atom. The molecule has 0 amide bonds. The summed E-state index contributed by atoms with van der Waals surface area (Å²) in [6.07, 6.45) is 0. The molecule has 2 aromatic rings. The predicted molar refractivity (Wildman–Crippen MR) is 71.2 cm³/mol. The molecule has 2 aromatic carbocycles. The van der Waals surface area contributed by atoms with Crippen LogP contribution in [0.2, 0.25) is 0 Å². The first-order chi connectivity index (χ1) is 8.40. The Morgan fingerprint density at radius 2 is 1.59 bits per heavy atom. The SMILES string of the molecule is CCNc1ccccc1N=Nc1ccccc1. The van der Waals surface area contributed by atoms with Gasteiger partial charge in [-0.05, 0) is 31.2 Å². The third-order valence-corrected chi connectivity index (χ3v) is 2.30. The van der Waals surface area contributed by atoms with Crippen LogP contribution in [-0.4, -0.2) is 6.54 Å². The summed E-state index contributed by atoms with van der Waals surface area (Å²) in [7, 11) is 0. The molecule has 3 heteroatoms. The molecule has 0 bridgehead atoms. The Labute approximate surface area is 101 Å². The Balaban J connectivity index is 2.21. The number of hydrogen-bond acceptors (Lipinski definition) is 3. The van der Waals surface area contributed by atoms with Crippen molar-refractivity contribution in [3.8, 4) is 0 Å². The normalized spacial score (nSPS) is 10.6. The molecular formula is C14H15N3. The molecule has 0 saturated carbocycles. The van der Waals surface area contributed by atoms with E-state index in [4.69, 9.17) is 0 Å². The van der Waals surface area contributed by atoms with Gasteiger partial charge in [-0.1, -0.05) is 30.3 Å². The molecule has 86 valence electrons. The van der Waals surface area contributed by atoms with Gasteiger partial charge < -0.3 is 5.32 Å². The lowest BCUT2D eigenvalue weighted by molar-refractivity contribution is 1.18. The summed E-state index contributed by atoms with van der Waals surface area (Å²) < 4.78 is 0. The quantitative estimate of drug-likeness (QED) is 0.762. The lowest BCUT2D eigenvalue weighted by atomic mass is 10.3. The lowest BCUT2D eigenvalue weighted by Crippen LogP contribution is -1.95. The number of rotatable bonds is 4. The molecule has 0 fully saturated rings. The maximum Gasteiger partial charge on any atom is 0.109 e. The molecule has 0 atom stereocenters. The van der Waals surface area contributed by atoms with Crippen molar-refractivity contribution in [2.24, 2.45) is 10.2 Å². The highest BCUT2D eigenvalue weighted by Gasteiger charge is 1.97. The molecule has 3 nitrogen and oxygen atoms in total. The van der Waals surface area contributed by atoms with Crippen LogP contribution in [0.5, 0.6) is 0 Å². The molecule has 0 radical (unpaired) electrons. The summed E-state index contributed by atoms with van der Waals surface area (Å²) >= 11 is 0. The van der Waals surface area contributed by atoms with Gasteiger partial charge in [0, 0.05) is 6.54 Å². The molecule has 0 saturated heterocycles. The molecule has 17 heavy (non-hydrogen) atoms. The Kier molecular flexibility index (Phi) is 3.86. The van der Waals surface area contributed by atoms with Gasteiger partial charge in [0.05, 0.1) is 11.4 Å². The minimum absolute atomic E-state index is 0.859. The topological polar surface area (TPSA) is 36.8 Å². The zero-order valence-corrected chi connectivity index (χ0v) is 9.80. The van der Waals surface area contributed by atoms with Crippen LogP contribution in [0.1, 0.15) is 6.92 Å². The molecule has 0 aromatic heterocycles. The summed E-state index contributed by atoms with van der Waals surface area (Å²) in [4.78, 5) is 0. The molecule has 2 rings (SSSR count). The number of para-hydroxylation sites is 1. The molecule has 0 heterocycles. The first kappa shape index (κ1) is 11.3. The van der Waals surface area contributed by atoms with Crippen molar-refractivity contribution in [3.63, 3.8) is 0 Å². The third-order valence-electron chi connectivity index (χ3n) is 2.30. The predicted octanol–water partition coefficient (Wildman–Crippen LogP) is 4.53. The molecule has 0 aliphatic carbocycles. The fraction of sp³-hybridized carbons (Fsp3) is 0.143. The van der Waals surface area contributed by atoms with E-state index < -0.39 is 0 Å². The van der Waals surface area contributed by atoms with Crippen LogP contribution in [0, 0.1) is 0 Å². The van der Waals surface area contributed by atoms with E-state index in [2.05, 4.69) is 22.5 Å². The van der Waals surface area contributed by atoms with Crippen LogP contribution < -0.4 is 5.32 Å². The third kappa shape index (κ3) is 3.14. The maximum atomic E-state index is 4.26. The number of nitrogens with one attached hydrogen (secondary N) is 1. The molecule has 0 spiro atoms. The Morgan fingerprint density at radius 1 is 0.882 bits per heavy atom. The monoisotopic (exact) mass is 225 g/mol. The molecule has 1 N–H and O–H groups in total. The average molecular weight is 225 g/mol. The van der Waals surface area contributed by atoms with E-state index in [1.807, 2.05) is 54.6 Å². The Hall–Kier alpha value is -2.16. The van der Waals surface area contributed by atoms with E-state index >= 15 is 0 Å². The summed E-state index contributed by atoms with van der Waals surface area (Å²) in [5.74, 6) is 0. The van der Waals surface area contributed by atoms with Crippen molar-refractivity contribution in [2.75, 3.05) is 11.9 Å². The van der Waals surface area contributed by atoms with Crippen LogP contribution >= 0.6 is 0 Å². The van der Waals surface area contributed by atoms with Gasteiger partial charge in [0.25, 0.3) is 0 Å². The van der Waals surface area contributed by atoms with E-state index in [1.165, 1.54) is 0 Å². The molecule has 0 unspecified atom stereocenters. The Bertz CT molecular complexity index is 492. The lowest BCUT2D eigenvalue weighted by Gasteiger charge is -2.05. The van der Waals surface area contributed by atoms with Crippen molar-refractivity contribution in [2.45, 2.75) is 6.92 Å².